The third-order valence-electron chi connectivity index (χ3n) is 2.51. The zero-order valence-corrected chi connectivity index (χ0v) is 10.2. The Kier molecular flexibility index (Phi) is 3.39. The highest BCUT2D eigenvalue weighted by Gasteiger charge is 2.03. The summed E-state index contributed by atoms with van der Waals surface area (Å²) < 4.78 is 1.81. The first kappa shape index (κ1) is 11.6. The monoisotopic (exact) mass is 231 g/mol. The lowest BCUT2D eigenvalue weighted by molar-refractivity contribution is 0.319. The summed E-state index contributed by atoms with van der Waals surface area (Å²) in [5.41, 5.74) is 8.02. The normalized spacial score (nSPS) is 11.0. The van der Waals surface area contributed by atoms with Gasteiger partial charge in [0.15, 0.2) is 0 Å². The second kappa shape index (κ2) is 4.97. The number of hydrogen-bond acceptors (Lipinski definition) is 4. The van der Waals surface area contributed by atoms with Gasteiger partial charge in [0.2, 0.25) is 0 Å². The van der Waals surface area contributed by atoms with Gasteiger partial charge in [-0.2, -0.15) is 5.10 Å². The van der Waals surface area contributed by atoms with E-state index in [0.717, 1.165) is 13.1 Å². The van der Waals surface area contributed by atoms with Crippen LogP contribution in [-0.4, -0.2) is 26.7 Å². The van der Waals surface area contributed by atoms with Crippen LogP contribution in [-0.2, 0) is 20.1 Å². The van der Waals surface area contributed by atoms with Gasteiger partial charge in [-0.15, -0.1) is 0 Å². The van der Waals surface area contributed by atoms with Gasteiger partial charge in [-0.1, -0.05) is 0 Å². The van der Waals surface area contributed by atoms with Crippen LogP contribution in [0.1, 0.15) is 11.1 Å². The Morgan fingerprint density at radius 3 is 2.76 bits per heavy atom. The Balaban J connectivity index is 1.95. The van der Waals surface area contributed by atoms with E-state index in [-0.39, 0.29) is 0 Å². The van der Waals surface area contributed by atoms with Crippen LogP contribution >= 0.6 is 0 Å². The molecule has 0 aromatic carbocycles. The van der Waals surface area contributed by atoms with Crippen molar-refractivity contribution in [3.05, 3.63) is 41.9 Å². The molecule has 0 saturated carbocycles. The Hall–Kier alpha value is -1.88. The molecule has 0 aliphatic heterocycles. The third kappa shape index (κ3) is 3.29. The fourth-order valence-corrected chi connectivity index (χ4v) is 1.83. The van der Waals surface area contributed by atoms with E-state index in [1.54, 1.807) is 6.20 Å². The number of anilines is 1. The van der Waals surface area contributed by atoms with Gasteiger partial charge in [-0.25, -0.2) is 4.98 Å². The van der Waals surface area contributed by atoms with Gasteiger partial charge < -0.3 is 5.73 Å². The molecule has 2 N–H and O–H groups in total. The molecule has 0 aliphatic carbocycles. The molecule has 0 fully saturated rings. The molecule has 0 radical (unpaired) electrons. The number of pyridine rings is 1. The minimum Gasteiger partial charge on any atom is -0.384 e. The Morgan fingerprint density at radius 1 is 1.35 bits per heavy atom. The molecule has 0 atom stereocenters. The second-order valence-electron chi connectivity index (χ2n) is 4.28. The van der Waals surface area contributed by atoms with Crippen molar-refractivity contribution in [2.45, 2.75) is 13.1 Å². The van der Waals surface area contributed by atoms with Crippen molar-refractivity contribution in [2.24, 2.45) is 7.05 Å². The number of nitrogen functional groups attached to an aromatic ring is 1. The first-order valence-electron chi connectivity index (χ1n) is 5.50. The van der Waals surface area contributed by atoms with Crippen molar-refractivity contribution in [1.82, 2.24) is 19.7 Å². The molecule has 5 heteroatoms. The molecule has 0 saturated heterocycles. The molecule has 5 nitrogen and oxygen atoms in total. The fourth-order valence-electron chi connectivity index (χ4n) is 1.83. The van der Waals surface area contributed by atoms with Gasteiger partial charge in [0.1, 0.15) is 5.82 Å². The molecule has 0 spiro atoms. The van der Waals surface area contributed by atoms with Gasteiger partial charge in [-0.3, -0.25) is 9.58 Å². The number of nitrogens with two attached hydrogens (primary N) is 1. The van der Waals surface area contributed by atoms with Crippen LogP contribution in [0, 0.1) is 0 Å². The highest BCUT2D eigenvalue weighted by molar-refractivity contribution is 5.31. The zero-order valence-electron chi connectivity index (χ0n) is 10.2. The number of hydrogen-bond donors (Lipinski definition) is 1. The predicted molar refractivity (Wildman–Crippen MR) is 67.0 cm³/mol. The zero-order chi connectivity index (χ0) is 12.3. The SMILES string of the molecule is CN(Cc1ccnc(N)c1)Cc1cnn(C)c1. The number of rotatable bonds is 4. The summed E-state index contributed by atoms with van der Waals surface area (Å²) in [5.74, 6) is 0.567. The lowest BCUT2D eigenvalue weighted by Gasteiger charge is -2.15. The largest absolute Gasteiger partial charge is 0.384 e. The van der Waals surface area contributed by atoms with Crippen molar-refractivity contribution < 1.29 is 0 Å². The van der Waals surface area contributed by atoms with Crippen molar-refractivity contribution in [2.75, 3.05) is 12.8 Å². The highest BCUT2D eigenvalue weighted by atomic mass is 15.2. The predicted octanol–water partition coefficient (Wildman–Crippen LogP) is 1.03. The molecule has 0 aliphatic rings. The van der Waals surface area contributed by atoms with Crippen molar-refractivity contribution in [1.29, 1.82) is 0 Å². The fraction of sp³-hybridized carbons (Fsp3) is 0.333. The van der Waals surface area contributed by atoms with E-state index in [0.29, 0.717) is 5.82 Å². The average Bonchev–Trinajstić information content (AvgIpc) is 2.63. The van der Waals surface area contributed by atoms with Gasteiger partial charge in [0.05, 0.1) is 6.20 Å². The van der Waals surface area contributed by atoms with Gasteiger partial charge in [0.25, 0.3) is 0 Å². The Morgan fingerprint density at radius 2 is 2.12 bits per heavy atom. The van der Waals surface area contributed by atoms with E-state index in [2.05, 4.69) is 22.0 Å². The maximum absolute atomic E-state index is 5.65. The highest BCUT2D eigenvalue weighted by Crippen LogP contribution is 2.08. The minimum absolute atomic E-state index is 0.567. The van der Waals surface area contributed by atoms with Crippen molar-refractivity contribution >= 4 is 5.82 Å². The summed E-state index contributed by atoms with van der Waals surface area (Å²) in [7, 11) is 4.00. The van der Waals surface area contributed by atoms with E-state index in [9.17, 15) is 0 Å². The molecule has 90 valence electrons. The van der Waals surface area contributed by atoms with E-state index >= 15 is 0 Å². The van der Waals surface area contributed by atoms with Crippen LogP contribution < -0.4 is 5.73 Å². The summed E-state index contributed by atoms with van der Waals surface area (Å²) in [5, 5.41) is 4.15. The lowest BCUT2D eigenvalue weighted by Crippen LogP contribution is -2.17. The van der Waals surface area contributed by atoms with E-state index in [1.807, 2.05) is 36.3 Å². The molecule has 17 heavy (non-hydrogen) atoms. The Bertz CT molecular complexity index is 491. The van der Waals surface area contributed by atoms with Crippen molar-refractivity contribution in [3.63, 3.8) is 0 Å². The van der Waals surface area contributed by atoms with Crippen LogP contribution in [0.4, 0.5) is 5.82 Å². The third-order valence-corrected chi connectivity index (χ3v) is 2.51. The smallest absolute Gasteiger partial charge is 0.123 e. The molecule has 2 heterocycles. The number of nitrogens with zero attached hydrogens (tertiary/aromatic N) is 4. The first-order valence-corrected chi connectivity index (χ1v) is 5.50. The molecule has 0 amide bonds. The van der Waals surface area contributed by atoms with Crippen LogP contribution in [0.5, 0.6) is 0 Å². The number of aromatic nitrogens is 3. The summed E-state index contributed by atoms with van der Waals surface area (Å²) in [4.78, 5) is 6.19. The average molecular weight is 231 g/mol. The van der Waals surface area contributed by atoms with Crippen LogP contribution in [0.3, 0.4) is 0 Å². The van der Waals surface area contributed by atoms with Gasteiger partial charge in [-0.05, 0) is 24.7 Å². The maximum Gasteiger partial charge on any atom is 0.123 e. The van der Waals surface area contributed by atoms with Crippen molar-refractivity contribution in [3.8, 4) is 0 Å². The molecule has 2 rings (SSSR count). The first-order chi connectivity index (χ1) is 8.13. The second-order valence-corrected chi connectivity index (χ2v) is 4.28. The van der Waals surface area contributed by atoms with Gasteiger partial charge >= 0.3 is 0 Å². The molecular formula is C12H17N5. The maximum atomic E-state index is 5.65. The molecule has 0 unspecified atom stereocenters. The topological polar surface area (TPSA) is 60.0 Å². The summed E-state index contributed by atoms with van der Waals surface area (Å²) in [6.45, 7) is 1.72. The number of aryl methyl sites for hydroxylation is 1. The molecule has 2 aromatic heterocycles. The summed E-state index contributed by atoms with van der Waals surface area (Å²) in [6.07, 6.45) is 5.65. The summed E-state index contributed by atoms with van der Waals surface area (Å²) >= 11 is 0. The van der Waals surface area contributed by atoms with Crippen LogP contribution in [0.15, 0.2) is 30.7 Å². The van der Waals surface area contributed by atoms with Crippen LogP contribution in [0.2, 0.25) is 0 Å². The van der Waals surface area contributed by atoms with Gasteiger partial charge in [0, 0.05) is 38.1 Å². The Labute approximate surface area is 101 Å². The molecule has 2 aromatic rings. The van der Waals surface area contributed by atoms with E-state index in [4.69, 9.17) is 5.73 Å². The standard InChI is InChI=1S/C12H17N5/c1-16(8-11-6-15-17(2)9-11)7-10-3-4-14-12(13)5-10/h3-6,9H,7-8H2,1-2H3,(H2,13,14). The van der Waals surface area contributed by atoms with E-state index < -0.39 is 0 Å². The molecule has 0 bridgehead atoms. The van der Waals surface area contributed by atoms with E-state index in [1.165, 1.54) is 11.1 Å². The lowest BCUT2D eigenvalue weighted by atomic mass is 10.2. The minimum atomic E-state index is 0.567. The molecular weight excluding hydrogens is 214 g/mol. The quantitative estimate of drug-likeness (QED) is 0.853. The van der Waals surface area contributed by atoms with Crippen LogP contribution in [0.25, 0.3) is 0 Å². The summed E-state index contributed by atoms with van der Waals surface area (Å²) in [6, 6.07) is 3.88.